The zero-order chi connectivity index (χ0) is 21.6. The Hall–Kier alpha value is -1.15. The first-order valence-corrected chi connectivity index (χ1v) is 13.1. The summed E-state index contributed by atoms with van der Waals surface area (Å²) in [5.41, 5.74) is 2.19. The number of rotatable bonds is 7. The molecule has 0 heterocycles. The van der Waals surface area contributed by atoms with Crippen LogP contribution in [0.25, 0.3) is 0 Å². The molecule has 0 amide bonds. The number of halogens is 1. The van der Waals surface area contributed by atoms with E-state index < -0.39 is 0 Å². The summed E-state index contributed by atoms with van der Waals surface area (Å²) in [6.45, 7) is 3.88. The third-order valence-electron chi connectivity index (χ3n) is 9.05. The molecule has 4 rings (SSSR count). The average molecular weight is 427 g/mol. The Morgan fingerprint density at radius 3 is 2.06 bits per heavy atom. The maximum Gasteiger partial charge on any atom is 0.126 e. The number of hydrogen-bond acceptors (Lipinski definition) is 1. The van der Waals surface area contributed by atoms with Crippen molar-refractivity contribution in [2.45, 2.75) is 108 Å². The minimum absolute atomic E-state index is 0.0401. The number of ether oxygens (including phenoxy) is 1. The smallest absolute Gasteiger partial charge is 0.126 e. The lowest BCUT2D eigenvalue weighted by molar-refractivity contribution is 0.0655. The van der Waals surface area contributed by atoms with Gasteiger partial charge < -0.3 is 4.74 Å². The van der Waals surface area contributed by atoms with E-state index in [1.54, 1.807) is 7.11 Å². The Labute approximate surface area is 189 Å². The third-order valence-corrected chi connectivity index (χ3v) is 9.05. The van der Waals surface area contributed by atoms with Crippen molar-refractivity contribution in [1.82, 2.24) is 0 Å². The van der Waals surface area contributed by atoms with Crippen LogP contribution in [0.4, 0.5) is 4.39 Å². The number of methoxy groups -OCH3 is 1. The second-order valence-electron chi connectivity index (χ2n) is 10.7. The summed E-state index contributed by atoms with van der Waals surface area (Å²) >= 11 is 0. The molecule has 3 aliphatic carbocycles. The largest absolute Gasteiger partial charge is 0.381 e. The van der Waals surface area contributed by atoms with Gasteiger partial charge in [0, 0.05) is 7.11 Å². The van der Waals surface area contributed by atoms with Crippen molar-refractivity contribution >= 4 is 0 Å². The zero-order valence-corrected chi connectivity index (χ0v) is 19.7. The second kappa shape index (κ2) is 11.1. The molecular weight excluding hydrogens is 383 g/mol. The van der Waals surface area contributed by atoms with E-state index in [0.717, 1.165) is 49.0 Å². The minimum Gasteiger partial charge on any atom is -0.381 e. The normalized spacial score (nSPS) is 34.4. The van der Waals surface area contributed by atoms with Crippen molar-refractivity contribution in [3.05, 3.63) is 47.8 Å². The third kappa shape index (κ3) is 5.81. The minimum atomic E-state index is 0.0401. The van der Waals surface area contributed by atoms with Crippen LogP contribution < -0.4 is 0 Å². The van der Waals surface area contributed by atoms with Gasteiger partial charge >= 0.3 is 0 Å². The molecule has 0 saturated heterocycles. The molecule has 31 heavy (non-hydrogen) atoms. The number of allylic oxidation sites excluding steroid dienone is 1. The molecule has 3 fully saturated rings. The molecule has 1 nitrogen and oxygen atoms in total. The van der Waals surface area contributed by atoms with Crippen LogP contribution in [0.1, 0.15) is 113 Å². The van der Waals surface area contributed by atoms with E-state index in [4.69, 9.17) is 4.74 Å². The molecule has 1 aromatic rings. The summed E-state index contributed by atoms with van der Waals surface area (Å²) < 4.78 is 20.5. The van der Waals surface area contributed by atoms with Crippen molar-refractivity contribution < 1.29 is 9.13 Å². The highest BCUT2D eigenvalue weighted by atomic mass is 19.1. The Bertz CT molecular complexity index is 689. The van der Waals surface area contributed by atoms with Gasteiger partial charge in [-0.15, -0.1) is 6.58 Å². The first-order valence-electron chi connectivity index (χ1n) is 13.1. The van der Waals surface area contributed by atoms with E-state index in [2.05, 4.69) is 24.8 Å². The molecule has 2 heteroatoms. The number of benzene rings is 1. The molecule has 0 atom stereocenters. The van der Waals surface area contributed by atoms with Crippen LogP contribution in [0.5, 0.6) is 0 Å². The van der Waals surface area contributed by atoms with Gasteiger partial charge in [0.2, 0.25) is 0 Å². The first-order chi connectivity index (χ1) is 15.2. The lowest BCUT2D eigenvalue weighted by atomic mass is 9.68. The highest BCUT2D eigenvalue weighted by molar-refractivity contribution is 5.30. The van der Waals surface area contributed by atoms with Crippen molar-refractivity contribution in [2.24, 2.45) is 17.8 Å². The van der Waals surface area contributed by atoms with Crippen LogP contribution in [0, 0.1) is 23.6 Å². The standard InChI is InChI=1S/C29H43FO/c1-3-4-5-21-6-8-22(9-7-21)23-10-12-24(13-11-23)26-16-19-28(29(30)20-26)25-14-17-27(31-2)18-15-25/h3,16,19-25,27H,1,4-15,17-18H2,2H3. The fraction of sp³-hybridized carbons (Fsp3) is 0.724. The molecule has 0 radical (unpaired) electrons. The average Bonchev–Trinajstić information content (AvgIpc) is 2.83. The van der Waals surface area contributed by atoms with Gasteiger partial charge in [-0.25, -0.2) is 4.39 Å². The summed E-state index contributed by atoms with van der Waals surface area (Å²) in [6.07, 6.45) is 20.1. The summed E-state index contributed by atoms with van der Waals surface area (Å²) in [6, 6.07) is 6.24. The molecule has 3 saturated carbocycles. The molecule has 0 bridgehead atoms. The Balaban J connectivity index is 1.26. The highest BCUT2D eigenvalue weighted by Crippen LogP contribution is 2.45. The van der Waals surface area contributed by atoms with E-state index in [-0.39, 0.29) is 5.82 Å². The van der Waals surface area contributed by atoms with Gasteiger partial charge in [0.25, 0.3) is 0 Å². The lowest BCUT2D eigenvalue weighted by Gasteiger charge is -2.38. The molecule has 172 valence electrons. The van der Waals surface area contributed by atoms with Gasteiger partial charge in [-0.3, -0.25) is 0 Å². The lowest BCUT2D eigenvalue weighted by Crippen LogP contribution is -2.25. The van der Waals surface area contributed by atoms with Crippen LogP contribution in [0.15, 0.2) is 30.9 Å². The van der Waals surface area contributed by atoms with Gasteiger partial charge in [-0.1, -0.05) is 31.1 Å². The molecule has 0 aromatic heterocycles. The van der Waals surface area contributed by atoms with Gasteiger partial charge in [0.1, 0.15) is 5.82 Å². The zero-order valence-electron chi connectivity index (χ0n) is 19.7. The van der Waals surface area contributed by atoms with Gasteiger partial charge in [-0.2, -0.15) is 0 Å². The maximum atomic E-state index is 15.0. The summed E-state index contributed by atoms with van der Waals surface area (Å²) in [4.78, 5) is 0. The fourth-order valence-electron chi connectivity index (χ4n) is 6.96. The predicted octanol–water partition coefficient (Wildman–Crippen LogP) is 8.54. The molecule has 3 aliphatic rings. The van der Waals surface area contributed by atoms with Crippen LogP contribution in [0.3, 0.4) is 0 Å². The van der Waals surface area contributed by atoms with Crippen LogP contribution in [-0.2, 0) is 4.74 Å². The maximum absolute atomic E-state index is 15.0. The molecule has 1 aromatic carbocycles. The van der Waals surface area contributed by atoms with Gasteiger partial charge in [0.15, 0.2) is 0 Å². The molecule has 0 unspecified atom stereocenters. The number of hydrogen-bond donors (Lipinski definition) is 0. The van der Waals surface area contributed by atoms with Gasteiger partial charge in [0.05, 0.1) is 6.10 Å². The molecule has 0 spiro atoms. The van der Waals surface area contributed by atoms with Crippen LogP contribution in [-0.4, -0.2) is 13.2 Å². The Kier molecular flexibility index (Phi) is 8.26. The Morgan fingerprint density at radius 2 is 1.48 bits per heavy atom. The van der Waals surface area contributed by atoms with E-state index in [9.17, 15) is 0 Å². The highest BCUT2D eigenvalue weighted by Gasteiger charge is 2.31. The van der Waals surface area contributed by atoms with Gasteiger partial charge in [-0.05, 0) is 124 Å². The van der Waals surface area contributed by atoms with E-state index in [1.807, 2.05) is 6.07 Å². The fourth-order valence-corrected chi connectivity index (χ4v) is 6.96. The summed E-state index contributed by atoms with van der Waals surface area (Å²) in [5.74, 6) is 3.78. The summed E-state index contributed by atoms with van der Waals surface area (Å²) in [7, 11) is 1.80. The van der Waals surface area contributed by atoms with Crippen molar-refractivity contribution in [3.63, 3.8) is 0 Å². The van der Waals surface area contributed by atoms with Crippen LogP contribution >= 0.6 is 0 Å². The first kappa shape index (κ1) is 23.0. The monoisotopic (exact) mass is 426 g/mol. The Morgan fingerprint density at radius 1 is 0.871 bits per heavy atom. The second-order valence-corrected chi connectivity index (χ2v) is 10.7. The molecule has 0 N–H and O–H groups in total. The van der Waals surface area contributed by atoms with Crippen LogP contribution in [0.2, 0.25) is 0 Å². The van der Waals surface area contributed by atoms with E-state index in [0.29, 0.717) is 17.9 Å². The molecule has 0 aliphatic heterocycles. The topological polar surface area (TPSA) is 9.23 Å². The van der Waals surface area contributed by atoms with E-state index in [1.165, 1.54) is 69.8 Å². The predicted molar refractivity (Wildman–Crippen MR) is 128 cm³/mol. The SMILES string of the molecule is C=CCCC1CCC(C2CCC(c3ccc(C4CCC(OC)CC4)c(F)c3)CC2)CC1. The van der Waals surface area contributed by atoms with E-state index >= 15 is 4.39 Å². The van der Waals surface area contributed by atoms with Crippen molar-refractivity contribution in [1.29, 1.82) is 0 Å². The van der Waals surface area contributed by atoms with Crippen molar-refractivity contribution in [3.8, 4) is 0 Å². The molecular formula is C29H43FO. The summed E-state index contributed by atoms with van der Waals surface area (Å²) in [5, 5.41) is 0. The quantitative estimate of drug-likeness (QED) is 0.397. The van der Waals surface area contributed by atoms with Crippen molar-refractivity contribution in [2.75, 3.05) is 7.11 Å².